The summed E-state index contributed by atoms with van der Waals surface area (Å²) in [6, 6.07) is 1.92. The summed E-state index contributed by atoms with van der Waals surface area (Å²) < 4.78 is 1.80. The van der Waals surface area contributed by atoms with Gasteiger partial charge in [0.15, 0.2) is 5.69 Å². The van der Waals surface area contributed by atoms with Crippen molar-refractivity contribution in [2.24, 2.45) is 5.73 Å². The average Bonchev–Trinajstić information content (AvgIpc) is 3.07. The first-order valence-electron chi connectivity index (χ1n) is 8.28. The molecular weight excluding hydrogens is 338 g/mol. The molecule has 25 heavy (non-hydrogen) atoms. The Bertz CT molecular complexity index is 836. The van der Waals surface area contributed by atoms with Gasteiger partial charge in [-0.3, -0.25) is 14.3 Å². The number of likely N-dealkylation sites (N-methyl/N-ethyl adjacent to an activating group) is 1. The molecule has 0 aromatic carbocycles. The summed E-state index contributed by atoms with van der Waals surface area (Å²) in [5.41, 5.74) is 8.25. The van der Waals surface area contributed by atoms with Crippen LogP contribution in [-0.4, -0.2) is 40.1 Å². The number of thiophene rings is 1. The molecule has 134 valence electrons. The van der Waals surface area contributed by atoms with E-state index in [0.717, 1.165) is 35.6 Å². The number of primary amides is 1. The number of aryl methyl sites for hydroxylation is 1. The van der Waals surface area contributed by atoms with Crippen molar-refractivity contribution in [3.8, 4) is 0 Å². The molecular formula is C17H23N5O2S. The Balaban J connectivity index is 1.91. The number of amides is 2. The van der Waals surface area contributed by atoms with Gasteiger partial charge in [0.2, 0.25) is 0 Å². The third-order valence-corrected chi connectivity index (χ3v) is 5.50. The Morgan fingerprint density at radius 3 is 2.72 bits per heavy atom. The van der Waals surface area contributed by atoms with E-state index in [4.69, 9.17) is 5.73 Å². The fourth-order valence-corrected chi connectivity index (χ4v) is 4.50. The zero-order chi connectivity index (χ0) is 18.3. The minimum atomic E-state index is -0.499. The first kappa shape index (κ1) is 17.6. The molecule has 7 nitrogen and oxygen atoms in total. The summed E-state index contributed by atoms with van der Waals surface area (Å²) in [4.78, 5) is 27.8. The maximum absolute atomic E-state index is 12.6. The van der Waals surface area contributed by atoms with E-state index in [0.29, 0.717) is 16.3 Å². The van der Waals surface area contributed by atoms with Crippen LogP contribution >= 0.6 is 11.3 Å². The smallest absolute Gasteiger partial charge is 0.276 e. The number of anilines is 1. The number of rotatable bonds is 4. The molecule has 8 heteroatoms. The first-order chi connectivity index (χ1) is 11.8. The van der Waals surface area contributed by atoms with Gasteiger partial charge in [-0.25, -0.2) is 0 Å². The molecule has 0 fully saturated rings. The Morgan fingerprint density at radius 1 is 1.40 bits per heavy atom. The van der Waals surface area contributed by atoms with E-state index in [2.05, 4.69) is 15.3 Å². The van der Waals surface area contributed by atoms with E-state index in [9.17, 15) is 9.59 Å². The highest BCUT2D eigenvalue weighted by Gasteiger charge is 2.27. The molecule has 0 saturated carbocycles. The van der Waals surface area contributed by atoms with Crippen LogP contribution < -0.4 is 11.1 Å². The van der Waals surface area contributed by atoms with Crippen LogP contribution in [-0.2, 0) is 13.0 Å². The fourth-order valence-electron chi connectivity index (χ4n) is 3.17. The zero-order valence-electron chi connectivity index (χ0n) is 14.9. The molecule has 3 heterocycles. The Kier molecular flexibility index (Phi) is 4.66. The largest absolute Gasteiger partial charge is 0.365 e. The standard InChI is InChI=1S/C17H23N5O2S/c1-9(2)22-10(3)7-12(20-22)16(24)19-17-14(15(18)23)11-5-6-21(4)8-13(11)25-17/h7,9H,5-6,8H2,1-4H3,(H2,18,23)(H,19,24). The van der Waals surface area contributed by atoms with E-state index in [-0.39, 0.29) is 11.9 Å². The van der Waals surface area contributed by atoms with E-state index in [1.807, 2.05) is 27.8 Å². The molecule has 0 atom stereocenters. The molecule has 0 unspecified atom stereocenters. The Labute approximate surface area is 150 Å². The van der Waals surface area contributed by atoms with Crippen LogP contribution in [0.2, 0.25) is 0 Å². The second-order valence-corrected chi connectivity index (χ2v) is 7.83. The Hall–Kier alpha value is -2.19. The van der Waals surface area contributed by atoms with Gasteiger partial charge >= 0.3 is 0 Å². The quantitative estimate of drug-likeness (QED) is 0.873. The van der Waals surface area contributed by atoms with Crippen LogP contribution in [0.3, 0.4) is 0 Å². The molecule has 2 amide bonds. The molecule has 1 aliphatic heterocycles. The number of aromatic nitrogens is 2. The van der Waals surface area contributed by atoms with Crippen molar-refractivity contribution in [2.75, 3.05) is 18.9 Å². The molecule has 0 saturated heterocycles. The lowest BCUT2D eigenvalue weighted by Crippen LogP contribution is -2.27. The molecule has 0 bridgehead atoms. The van der Waals surface area contributed by atoms with Crippen molar-refractivity contribution in [3.05, 3.63) is 33.5 Å². The van der Waals surface area contributed by atoms with Gasteiger partial charge in [-0.05, 0) is 45.9 Å². The minimum absolute atomic E-state index is 0.173. The van der Waals surface area contributed by atoms with Crippen LogP contribution in [0.25, 0.3) is 0 Å². The molecule has 3 N–H and O–H groups in total. The fraction of sp³-hybridized carbons (Fsp3) is 0.471. The normalized spacial score (nSPS) is 14.6. The van der Waals surface area contributed by atoms with Gasteiger partial charge in [0.25, 0.3) is 11.8 Å². The van der Waals surface area contributed by atoms with Crippen LogP contribution in [0.5, 0.6) is 0 Å². The molecule has 2 aromatic heterocycles. The van der Waals surface area contributed by atoms with Crippen LogP contribution in [0, 0.1) is 6.92 Å². The van der Waals surface area contributed by atoms with Gasteiger partial charge in [0.05, 0.1) is 5.56 Å². The van der Waals surface area contributed by atoms with E-state index >= 15 is 0 Å². The maximum atomic E-state index is 12.6. The average molecular weight is 361 g/mol. The summed E-state index contributed by atoms with van der Waals surface area (Å²) in [5.74, 6) is -0.821. The van der Waals surface area contributed by atoms with Crippen LogP contribution in [0.15, 0.2) is 6.07 Å². The van der Waals surface area contributed by atoms with Crippen LogP contribution in [0.1, 0.15) is 56.9 Å². The van der Waals surface area contributed by atoms with Crippen molar-refractivity contribution in [1.82, 2.24) is 14.7 Å². The second kappa shape index (κ2) is 6.61. The molecule has 0 spiro atoms. The highest BCUT2D eigenvalue weighted by Crippen LogP contribution is 2.36. The molecule has 2 aromatic rings. The summed E-state index contributed by atoms with van der Waals surface area (Å²) in [7, 11) is 2.03. The van der Waals surface area contributed by atoms with Gasteiger partial charge < -0.3 is 16.0 Å². The van der Waals surface area contributed by atoms with Crippen molar-refractivity contribution >= 4 is 28.2 Å². The number of carbonyl (C=O) groups excluding carboxylic acids is 2. The number of carbonyl (C=O) groups is 2. The van der Waals surface area contributed by atoms with Gasteiger partial charge in [-0.15, -0.1) is 11.3 Å². The number of nitrogens with zero attached hydrogens (tertiary/aromatic N) is 3. The van der Waals surface area contributed by atoms with Crippen molar-refractivity contribution in [1.29, 1.82) is 0 Å². The van der Waals surface area contributed by atoms with E-state index in [1.165, 1.54) is 11.3 Å². The first-order valence-corrected chi connectivity index (χ1v) is 9.10. The van der Waals surface area contributed by atoms with Gasteiger partial charge in [0, 0.05) is 29.7 Å². The molecule has 1 aliphatic rings. The van der Waals surface area contributed by atoms with Crippen molar-refractivity contribution in [3.63, 3.8) is 0 Å². The molecule has 0 aliphatic carbocycles. The highest BCUT2D eigenvalue weighted by molar-refractivity contribution is 7.17. The second-order valence-electron chi connectivity index (χ2n) is 6.72. The summed E-state index contributed by atoms with van der Waals surface area (Å²) in [5, 5.41) is 7.73. The summed E-state index contributed by atoms with van der Waals surface area (Å²) >= 11 is 1.43. The predicted molar refractivity (Wildman–Crippen MR) is 98.2 cm³/mol. The van der Waals surface area contributed by atoms with Crippen molar-refractivity contribution < 1.29 is 9.59 Å². The van der Waals surface area contributed by atoms with Gasteiger partial charge in [-0.1, -0.05) is 0 Å². The van der Waals surface area contributed by atoms with Gasteiger partial charge in [0.1, 0.15) is 5.00 Å². The molecule has 3 rings (SSSR count). The topological polar surface area (TPSA) is 93.2 Å². The zero-order valence-corrected chi connectivity index (χ0v) is 15.7. The maximum Gasteiger partial charge on any atom is 0.276 e. The van der Waals surface area contributed by atoms with E-state index < -0.39 is 5.91 Å². The number of fused-ring (bicyclic) bond motifs is 1. The molecule has 0 radical (unpaired) electrons. The van der Waals surface area contributed by atoms with Crippen molar-refractivity contribution in [2.45, 2.75) is 39.8 Å². The third-order valence-electron chi connectivity index (χ3n) is 4.37. The number of hydrogen-bond donors (Lipinski definition) is 2. The lowest BCUT2D eigenvalue weighted by atomic mass is 10.0. The lowest BCUT2D eigenvalue weighted by molar-refractivity contribution is 0.1000. The minimum Gasteiger partial charge on any atom is -0.365 e. The third kappa shape index (κ3) is 3.32. The summed E-state index contributed by atoms with van der Waals surface area (Å²) in [6.45, 7) is 7.57. The lowest BCUT2D eigenvalue weighted by Gasteiger charge is -2.22. The van der Waals surface area contributed by atoms with Crippen LogP contribution in [0.4, 0.5) is 5.00 Å². The summed E-state index contributed by atoms with van der Waals surface area (Å²) in [6.07, 6.45) is 0.761. The number of hydrogen-bond acceptors (Lipinski definition) is 5. The van der Waals surface area contributed by atoms with E-state index in [1.54, 1.807) is 10.7 Å². The predicted octanol–water partition coefficient (Wildman–Crippen LogP) is 2.17. The number of nitrogens with one attached hydrogen (secondary N) is 1. The van der Waals surface area contributed by atoms with Gasteiger partial charge in [-0.2, -0.15) is 5.10 Å². The number of nitrogens with two attached hydrogens (primary N) is 1. The monoisotopic (exact) mass is 361 g/mol. The Morgan fingerprint density at radius 2 is 2.12 bits per heavy atom. The highest BCUT2D eigenvalue weighted by atomic mass is 32.1. The SMILES string of the molecule is Cc1cc(C(=O)Nc2sc3c(c2C(N)=O)CCN(C)C3)nn1C(C)C.